The second-order valence-corrected chi connectivity index (χ2v) is 5.70. The summed E-state index contributed by atoms with van der Waals surface area (Å²) in [5, 5.41) is 15.7. The third-order valence-corrected chi connectivity index (χ3v) is 3.92. The lowest BCUT2D eigenvalue weighted by Gasteiger charge is -2.15. The number of hydrogen-bond acceptors (Lipinski definition) is 3. The Morgan fingerprint density at radius 1 is 0.760 bits per heavy atom. The van der Waals surface area contributed by atoms with Crippen molar-refractivity contribution in [1.82, 2.24) is 0 Å². The largest absolute Gasteiger partial charge is 0.395 e. The van der Waals surface area contributed by atoms with E-state index < -0.39 is 5.92 Å². The van der Waals surface area contributed by atoms with Crippen molar-refractivity contribution in [3.8, 4) is 0 Å². The predicted molar refractivity (Wildman–Crippen MR) is 101 cm³/mol. The molecule has 0 bridgehead atoms. The Hall–Kier alpha value is -3.11. The fourth-order valence-electron chi connectivity index (χ4n) is 2.58. The number of aliphatic hydroxyl groups is 1. The van der Waals surface area contributed by atoms with Gasteiger partial charge in [-0.2, -0.15) is 0 Å². The summed E-state index contributed by atoms with van der Waals surface area (Å²) >= 11 is 0. The SMILES string of the molecule is O=C(Nc1ccc(Nc2ccccc2)cc1)C(CO)c1ccccc1. The van der Waals surface area contributed by atoms with Crippen LogP contribution in [0.4, 0.5) is 17.1 Å². The van der Waals surface area contributed by atoms with Crippen LogP contribution in [0.1, 0.15) is 11.5 Å². The maximum Gasteiger partial charge on any atom is 0.234 e. The minimum Gasteiger partial charge on any atom is -0.395 e. The first-order valence-corrected chi connectivity index (χ1v) is 8.15. The van der Waals surface area contributed by atoms with E-state index in [9.17, 15) is 9.90 Å². The van der Waals surface area contributed by atoms with Crippen LogP contribution in [0, 0.1) is 0 Å². The standard InChI is InChI=1S/C21H20N2O2/c24-15-20(16-7-3-1-4-8-16)21(25)23-19-13-11-18(12-14-19)22-17-9-5-2-6-10-17/h1-14,20,22,24H,15H2,(H,23,25). The highest BCUT2D eigenvalue weighted by Crippen LogP contribution is 2.21. The van der Waals surface area contributed by atoms with Crippen molar-refractivity contribution < 1.29 is 9.90 Å². The molecule has 3 rings (SSSR count). The molecule has 3 aromatic carbocycles. The van der Waals surface area contributed by atoms with Crippen LogP contribution in [0.25, 0.3) is 0 Å². The Labute approximate surface area is 147 Å². The summed E-state index contributed by atoms with van der Waals surface area (Å²) in [6.07, 6.45) is 0. The number of para-hydroxylation sites is 1. The number of rotatable bonds is 6. The smallest absolute Gasteiger partial charge is 0.234 e. The van der Waals surface area contributed by atoms with Gasteiger partial charge in [-0.1, -0.05) is 48.5 Å². The molecule has 0 aliphatic rings. The van der Waals surface area contributed by atoms with Gasteiger partial charge in [0.15, 0.2) is 0 Å². The molecule has 1 amide bonds. The van der Waals surface area contributed by atoms with Crippen LogP contribution in [-0.4, -0.2) is 17.6 Å². The summed E-state index contributed by atoms with van der Waals surface area (Å²) in [4.78, 5) is 12.4. The third-order valence-electron chi connectivity index (χ3n) is 3.92. The molecule has 0 fully saturated rings. The van der Waals surface area contributed by atoms with Crippen LogP contribution < -0.4 is 10.6 Å². The summed E-state index contributed by atoms with van der Waals surface area (Å²) < 4.78 is 0. The molecular weight excluding hydrogens is 312 g/mol. The molecule has 126 valence electrons. The number of anilines is 3. The number of carbonyl (C=O) groups excluding carboxylic acids is 1. The van der Waals surface area contributed by atoms with Crippen molar-refractivity contribution in [2.24, 2.45) is 0 Å². The summed E-state index contributed by atoms with van der Waals surface area (Å²) in [6.45, 7) is -0.233. The molecule has 0 radical (unpaired) electrons. The first-order valence-electron chi connectivity index (χ1n) is 8.15. The summed E-state index contributed by atoms with van der Waals surface area (Å²) in [5.41, 5.74) is 3.43. The van der Waals surface area contributed by atoms with Gasteiger partial charge < -0.3 is 15.7 Å². The van der Waals surface area contributed by atoms with Crippen LogP contribution >= 0.6 is 0 Å². The molecule has 25 heavy (non-hydrogen) atoms. The van der Waals surface area contributed by atoms with E-state index >= 15 is 0 Å². The Morgan fingerprint density at radius 2 is 1.28 bits per heavy atom. The number of nitrogens with one attached hydrogen (secondary N) is 2. The number of carbonyl (C=O) groups is 1. The predicted octanol–water partition coefficient (Wildman–Crippen LogP) is 4.14. The maximum absolute atomic E-state index is 12.4. The number of amides is 1. The number of aliphatic hydroxyl groups excluding tert-OH is 1. The van der Waals surface area contributed by atoms with E-state index in [1.165, 1.54) is 0 Å². The van der Waals surface area contributed by atoms with Crippen molar-refractivity contribution in [3.05, 3.63) is 90.5 Å². The zero-order valence-corrected chi connectivity index (χ0v) is 13.7. The van der Waals surface area contributed by atoms with Crippen LogP contribution in [0.15, 0.2) is 84.9 Å². The van der Waals surface area contributed by atoms with Crippen LogP contribution in [0.2, 0.25) is 0 Å². The van der Waals surface area contributed by atoms with Crippen LogP contribution in [-0.2, 0) is 4.79 Å². The highest BCUT2D eigenvalue weighted by molar-refractivity contribution is 5.96. The lowest BCUT2D eigenvalue weighted by Crippen LogP contribution is -2.23. The molecule has 0 aliphatic heterocycles. The average molecular weight is 332 g/mol. The topological polar surface area (TPSA) is 61.4 Å². The molecule has 3 N–H and O–H groups in total. The molecule has 0 spiro atoms. The fraction of sp³-hybridized carbons (Fsp3) is 0.0952. The molecule has 1 unspecified atom stereocenters. The van der Waals surface area contributed by atoms with E-state index in [-0.39, 0.29) is 12.5 Å². The summed E-state index contributed by atoms with van der Waals surface area (Å²) in [6, 6.07) is 26.6. The van der Waals surface area contributed by atoms with E-state index in [0.717, 1.165) is 16.9 Å². The van der Waals surface area contributed by atoms with E-state index in [1.807, 2.05) is 84.9 Å². The highest BCUT2D eigenvalue weighted by Gasteiger charge is 2.19. The number of hydrogen-bond donors (Lipinski definition) is 3. The van der Waals surface area contributed by atoms with Gasteiger partial charge in [0.1, 0.15) is 0 Å². The molecule has 1 atom stereocenters. The second kappa shape index (κ2) is 8.13. The van der Waals surface area contributed by atoms with Crippen LogP contribution in [0.3, 0.4) is 0 Å². The third kappa shape index (κ3) is 4.46. The van der Waals surface area contributed by atoms with Gasteiger partial charge >= 0.3 is 0 Å². The molecular formula is C21H20N2O2. The molecule has 0 saturated heterocycles. The average Bonchev–Trinajstić information content (AvgIpc) is 2.66. The fourth-order valence-corrected chi connectivity index (χ4v) is 2.58. The Kier molecular flexibility index (Phi) is 5.44. The maximum atomic E-state index is 12.4. The monoisotopic (exact) mass is 332 g/mol. The van der Waals surface area contributed by atoms with Gasteiger partial charge in [-0.25, -0.2) is 0 Å². The molecule has 3 aromatic rings. The van der Waals surface area contributed by atoms with Gasteiger partial charge in [0.2, 0.25) is 5.91 Å². The Morgan fingerprint density at radius 3 is 1.88 bits per heavy atom. The van der Waals surface area contributed by atoms with Gasteiger partial charge in [-0.3, -0.25) is 4.79 Å². The minimum absolute atomic E-state index is 0.225. The molecule has 4 nitrogen and oxygen atoms in total. The highest BCUT2D eigenvalue weighted by atomic mass is 16.3. The summed E-state index contributed by atoms with van der Waals surface area (Å²) in [5.74, 6) is -0.805. The van der Waals surface area contributed by atoms with Gasteiger partial charge in [0.05, 0.1) is 12.5 Å². The lowest BCUT2D eigenvalue weighted by molar-refractivity contribution is -0.118. The normalized spacial score (nSPS) is 11.6. The van der Waals surface area contributed by atoms with Crippen molar-refractivity contribution in [1.29, 1.82) is 0 Å². The van der Waals surface area contributed by atoms with Crippen molar-refractivity contribution >= 4 is 23.0 Å². The van der Waals surface area contributed by atoms with E-state index in [2.05, 4.69) is 10.6 Å². The zero-order valence-electron chi connectivity index (χ0n) is 13.7. The van der Waals surface area contributed by atoms with E-state index in [1.54, 1.807) is 0 Å². The first-order chi connectivity index (χ1) is 12.3. The first kappa shape index (κ1) is 16.7. The van der Waals surface area contributed by atoms with E-state index in [4.69, 9.17) is 0 Å². The molecule has 0 aliphatic carbocycles. The van der Waals surface area contributed by atoms with Gasteiger partial charge in [-0.05, 0) is 42.0 Å². The number of benzene rings is 3. The Balaban J connectivity index is 1.65. The second-order valence-electron chi connectivity index (χ2n) is 5.70. The zero-order chi connectivity index (χ0) is 17.5. The molecule has 0 heterocycles. The lowest BCUT2D eigenvalue weighted by atomic mass is 9.99. The van der Waals surface area contributed by atoms with Gasteiger partial charge in [-0.15, -0.1) is 0 Å². The van der Waals surface area contributed by atoms with E-state index in [0.29, 0.717) is 5.69 Å². The molecule has 4 heteroatoms. The minimum atomic E-state index is -0.580. The van der Waals surface area contributed by atoms with Gasteiger partial charge in [0, 0.05) is 17.1 Å². The summed E-state index contributed by atoms with van der Waals surface area (Å²) in [7, 11) is 0. The van der Waals surface area contributed by atoms with Crippen molar-refractivity contribution in [2.45, 2.75) is 5.92 Å². The quantitative estimate of drug-likeness (QED) is 0.635. The van der Waals surface area contributed by atoms with Crippen LogP contribution in [0.5, 0.6) is 0 Å². The Bertz CT molecular complexity index is 802. The van der Waals surface area contributed by atoms with Crippen molar-refractivity contribution in [2.75, 3.05) is 17.2 Å². The van der Waals surface area contributed by atoms with Gasteiger partial charge in [0.25, 0.3) is 0 Å². The van der Waals surface area contributed by atoms with Crippen molar-refractivity contribution in [3.63, 3.8) is 0 Å². The molecule has 0 saturated carbocycles. The molecule has 0 aromatic heterocycles.